The fraction of sp³-hybridized carbons (Fsp3) is 0.528. The van der Waals surface area contributed by atoms with Crippen molar-refractivity contribution in [3.63, 3.8) is 0 Å². The quantitative estimate of drug-likeness (QED) is 0.124. The number of aromatic hydroxyl groups is 2. The average Bonchev–Trinajstić information content (AvgIpc) is 3.08. The minimum Gasteiger partial charge on any atom is -0.507 e. The van der Waals surface area contributed by atoms with Crippen LogP contribution in [0.25, 0.3) is 0 Å². The number of hydrogen-bond donors (Lipinski definition) is 4. The second kappa shape index (κ2) is 13.6. The summed E-state index contributed by atoms with van der Waals surface area (Å²) in [4.78, 5) is 34.1. The zero-order valence-electron chi connectivity index (χ0n) is 28.5. The Labute approximate surface area is 284 Å². The first-order valence-electron chi connectivity index (χ1n) is 16.7. The van der Waals surface area contributed by atoms with Gasteiger partial charge in [-0.3, -0.25) is 14.6 Å². The average molecular weight is 677 g/mol. The van der Waals surface area contributed by atoms with E-state index >= 15 is 0 Å². The molecule has 0 spiro atoms. The van der Waals surface area contributed by atoms with Crippen LogP contribution in [-0.4, -0.2) is 106 Å². The Kier molecular flexibility index (Phi) is 9.64. The molecule has 4 N–H and O–H groups in total. The largest absolute Gasteiger partial charge is 0.507 e. The highest BCUT2D eigenvalue weighted by atomic mass is 16.7. The summed E-state index contributed by atoms with van der Waals surface area (Å²) in [5, 5.41) is 55.6. The van der Waals surface area contributed by atoms with Crippen molar-refractivity contribution in [2.45, 2.75) is 101 Å². The molecule has 6 unspecified atom stereocenters. The Morgan fingerprint density at radius 3 is 2.47 bits per heavy atom. The topological polar surface area (TPSA) is 183 Å². The maximum Gasteiger partial charge on any atom is 0.202 e. The van der Waals surface area contributed by atoms with Crippen LogP contribution in [0, 0.1) is 0 Å². The number of carbonyl (C=O) groups excluding carboxylic acids is 2. The number of fused-ring (bicyclic) bond motifs is 3. The zero-order chi connectivity index (χ0) is 35.2. The highest BCUT2D eigenvalue weighted by Crippen LogP contribution is 2.52. The number of rotatable bonds is 7. The molecule has 3 aliphatic carbocycles. The Balaban J connectivity index is 1.46. The first-order chi connectivity index (χ1) is 23.3. The number of phenols is 2. The summed E-state index contributed by atoms with van der Waals surface area (Å²) in [6, 6.07) is 3.99. The highest BCUT2D eigenvalue weighted by Gasteiger charge is 2.49. The summed E-state index contributed by atoms with van der Waals surface area (Å²) < 4.78 is 17.9. The summed E-state index contributed by atoms with van der Waals surface area (Å²) in [7, 11) is 5.00. The SMILES string of the molecule is COc1cccc2c1C(=O)c1c(O)c3c(c(O)c1C2=O)CC(O)(/C(C)=N/N=C1CCCCC1)CC3OC1CC(N=CN(C)C)C(O)C(C)O1. The van der Waals surface area contributed by atoms with Crippen molar-refractivity contribution in [1.82, 2.24) is 4.90 Å². The molecule has 13 heteroatoms. The summed E-state index contributed by atoms with van der Waals surface area (Å²) in [5.41, 5.74) is -1.13. The van der Waals surface area contributed by atoms with Crippen LogP contribution in [0.15, 0.2) is 33.4 Å². The number of hydrogen-bond acceptors (Lipinski definition) is 12. The lowest BCUT2D eigenvalue weighted by Crippen LogP contribution is -2.49. The van der Waals surface area contributed by atoms with Crippen LogP contribution in [0.5, 0.6) is 17.2 Å². The molecular formula is C36H44N4O9. The summed E-state index contributed by atoms with van der Waals surface area (Å²) in [6.45, 7) is 3.34. The third kappa shape index (κ3) is 6.36. The van der Waals surface area contributed by atoms with Gasteiger partial charge in [0, 0.05) is 55.8 Å². The zero-order valence-corrected chi connectivity index (χ0v) is 28.5. The first-order valence-corrected chi connectivity index (χ1v) is 16.7. The fourth-order valence-corrected chi connectivity index (χ4v) is 7.27. The van der Waals surface area contributed by atoms with Crippen molar-refractivity contribution in [3.05, 3.63) is 51.6 Å². The molecule has 4 aliphatic rings. The molecule has 0 bridgehead atoms. The molecule has 1 heterocycles. The van der Waals surface area contributed by atoms with Crippen molar-refractivity contribution in [2.75, 3.05) is 21.2 Å². The number of ketones is 2. The molecule has 1 saturated carbocycles. The summed E-state index contributed by atoms with van der Waals surface area (Å²) >= 11 is 0. The lowest BCUT2D eigenvalue weighted by Gasteiger charge is -2.42. The summed E-state index contributed by atoms with van der Waals surface area (Å²) in [5.74, 6) is -2.27. The monoisotopic (exact) mass is 676 g/mol. The number of aliphatic hydroxyl groups excluding tert-OH is 1. The predicted molar refractivity (Wildman–Crippen MR) is 181 cm³/mol. The Morgan fingerprint density at radius 1 is 1.06 bits per heavy atom. The molecule has 2 fully saturated rings. The van der Waals surface area contributed by atoms with Crippen LogP contribution in [0.2, 0.25) is 0 Å². The number of aliphatic imine (C=N–C) groups is 1. The van der Waals surface area contributed by atoms with E-state index in [1.807, 2.05) is 14.1 Å². The van der Waals surface area contributed by atoms with Gasteiger partial charge in [0.05, 0.1) is 54.1 Å². The lowest BCUT2D eigenvalue weighted by molar-refractivity contribution is -0.245. The van der Waals surface area contributed by atoms with E-state index in [-0.39, 0.29) is 64.1 Å². The Bertz CT molecular complexity index is 1740. The van der Waals surface area contributed by atoms with Crippen molar-refractivity contribution in [2.24, 2.45) is 15.2 Å². The minimum atomic E-state index is -1.72. The van der Waals surface area contributed by atoms with E-state index in [1.165, 1.54) is 13.2 Å². The van der Waals surface area contributed by atoms with Gasteiger partial charge in [-0.2, -0.15) is 10.2 Å². The number of aliphatic hydroxyl groups is 2. The van der Waals surface area contributed by atoms with Gasteiger partial charge in [-0.1, -0.05) is 18.6 Å². The summed E-state index contributed by atoms with van der Waals surface area (Å²) in [6.07, 6.45) is 2.49. The van der Waals surface area contributed by atoms with E-state index in [9.17, 15) is 30.0 Å². The van der Waals surface area contributed by atoms with E-state index in [0.717, 1.165) is 37.8 Å². The number of methoxy groups -OCH3 is 1. The van der Waals surface area contributed by atoms with Gasteiger partial charge in [-0.25, -0.2) is 0 Å². The van der Waals surface area contributed by atoms with E-state index in [0.29, 0.717) is 0 Å². The van der Waals surface area contributed by atoms with E-state index < -0.39 is 59.3 Å². The van der Waals surface area contributed by atoms with Crippen LogP contribution >= 0.6 is 0 Å². The number of phenolic OH excluding ortho intramolecular Hbond substituents is 2. The van der Waals surface area contributed by atoms with Crippen LogP contribution in [-0.2, 0) is 15.9 Å². The number of benzene rings is 2. The molecule has 2 aromatic carbocycles. The third-order valence-corrected chi connectivity index (χ3v) is 10.0. The van der Waals surface area contributed by atoms with E-state index in [1.54, 1.807) is 37.2 Å². The molecule has 1 aliphatic heterocycles. The van der Waals surface area contributed by atoms with Crippen molar-refractivity contribution >= 4 is 29.3 Å². The van der Waals surface area contributed by atoms with Gasteiger partial charge in [0.15, 0.2) is 12.1 Å². The lowest BCUT2D eigenvalue weighted by atomic mass is 9.72. The smallest absolute Gasteiger partial charge is 0.202 e. The molecular weight excluding hydrogens is 632 g/mol. The molecule has 0 aromatic heterocycles. The first kappa shape index (κ1) is 34.7. The molecule has 0 radical (unpaired) electrons. The van der Waals surface area contributed by atoms with Crippen LogP contribution < -0.4 is 4.74 Å². The minimum absolute atomic E-state index is 0.0215. The van der Waals surface area contributed by atoms with Crippen molar-refractivity contribution in [1.29, 1.82) is 0 Å². The Morgan fingerprint density at radius 2 is 1.78 bits per heavy atom. The van der Waals surface area contributed by atoms with E-state index in [2.05, 4.69) is 15.2 Å². The van der Waals surface area contributed by atoms with E-state index in [4.69, 9.17) is 14.2 Å². The van der Waals surface area contributed by atoms with Gasteiger partial charge in [-0.05, 0) is 45.6 Å². The third-order valence-electron chi connectivity index (χ3n) is 10.0. The molecule has 13 nitrogen and oxygen atoms in total. The maximum absolute atomic E-state index is 14.0. The van der Waals surface area contributed by atoms with Crippen LogP contribution in [0.1, 0.15) is 108 Å². The highest BCUT2D eigenvalue weighted by molar-refractivity contribution is 6.31. The van der Waals surface area contributed by atoms with Crippen molar-refractivity contribution in [3.8, 4) is 17.2 Å². The predicted octanol–water partition coefficient (Wildman–Crippen LogP) is 3.85. The molecule has 6 atom stereocenters. The number of nitrogens with zero attached hydrogens (tertiary/aromatic N) is 4. The second-order valence-electron chi connectivity index (χ2n) is 13.6. The molecule has 2 aromatic rings. The fourth-order valence-electron chi connectivity index (χ4n) is 7.27. The van der Waals surface area contributed by atoms with Gasteiger partial charge in [0.2, 0.25) is 5.78 Å². The molecule has 262 valence electrons. The molecule has 6 rings (SSSR count). The number of carbonyl (C=O) groups is 2. The van der Waals surface area contributed by atoms with Gasteiger partial charge in [-0.15, -0.1) is 0 Å². The van der Waals surface area contributed by atoms with Gasteiger partial charge < -0.3 is 39.5 Å². The van der Waals surface area contributed by atoms with Crippen LogP contribution in [0.3, 0.4) is 0 Å². The van der Waals surface area contributed by atoms with Gasteiger partial charge in [0.1, 0.15) is 29.0 Å². The molecule has 1 saturated heterocycles. The maximum atomic E-state index is 14.0. The molecule has 0 amide bonds. The Hall–Kier alpha value is -4.17. The van der Waals surface area contributed by atoms with Gasteiger partial charge in [0.25, 0.3) is 0 Å². The second-order valence-corrected chi connectivity index (χ2v) is 13.6. The number of ether oxygens (including phenoxy) is 3. The molecule has 49 heavy (non-hydrogen) atoms. The van der Waals surface area contributed by atoms with Crippen molar-refractivity contribution < 1.29 is 44.2 Å². The standard InChI is InChI=1S/C36H44N4O9/c1-18-31(41)23(37-17-40(3)4)14-26(48-18)49-25-16-36(46,19(2)38-39-20-10-7-6-8-11-20)15-22-28(25)35(45)30-29(33(22)43)32(42)21-12-9-13-24(47-5)27(21)34(30)44/h9,12-13,17-18,23,25-26,31,41,43,45-46H,6-8,10-11,14-16H2,1-5H3/b37-17?,38-19+. The normalized spacial score (nSPS) is 28.6. The van der Waals surface area contributed by atoms with Gasteiger partial charge >= 0.3 is 0 Å². The van der Waals surface area contributed by atoms with Crippen LogP contribution in [0.4, 0.5) is 0 Å².